The molecular formula is C12H15F5O4. The molecule has 0 saturated heterocycles. The van der Waals surface area contributed by atoms with E-state index in [1.54, 1.807) is 20.8 Å². The highest BCUT2D eigenvalue weighted by Crippen LogP contribution is 2.37. The molecule has 9 heteroatoms. The third kappa shape index (κ3) is 8.26. The Morgan fingerprint density at radius 1 is 0.952 bits per heavy atom. The Kier molecular flexibility index (Phi) is 6.31. The van der Waals surface area contributed by atoms with E-state index < -0.39 is 42.7 Å². The van der Waals surface area contributed by atoms with Crippen LogP contribution in [0.3, 0.4) is 0 Å². The molecule has 0 unspecified atom stereocenters. The van der Waals surface area contributed by atoms with Gasteiger partial charge in [-0.05, 0) is 20.8 Å². The summed E-state index contributed by atoms with van der Waals surface area (Å²) in [5.41, 5.74) is -0.792. The number of halogens is 5. The van der Waals surface area contributed by atoms with Gasteiger partial charge in [0.25, 0.3) is 0 Å². The largest absolute Gasteiger partial charge is 0.462 e. The van der Waals surface area contributed by atoms with Gasteiger partial charge in [-0.3, -0.25) is 0 Å². The summed E-state index contributed by atoms with van der Waals surface area (Å²) in [5.74, 6) is -7.04. The third-order valence-corrected chi connectivity index (χ3v) is 1.84. The molecule has 0 aromatic heterocycles. The summed E-state index contributed by atoms with van der Waals surface area (Å²) < 4.78 is 69.3. The first-order valence-corrected chi connectivity index (χ1v) is 5.77. The van der Waals surface area contributed by atoms with Crippen LogP contribution in [-0.4, -0.2) is 36.2 Å². The molecular weight excluding hydrogens is 303 g/mol. The van der Waals surface area contributed by atoms with Crippen molar-refractivity contribution in [1.29, 1.82) is 0 Å². The monoisotopic (exact) mass is 318 g/mol. The zero-order valence-electron chi connectivity index (χ0n) is 11.6. The van der Waals surface area contributed by atoms with Crippen LogP contribution in [0.5, 0.6) is 0 Å². The van der Waals surface area contributed by atoms with E-state index in [2.05, 4.69) is 4.74 Å². The summed E-state index contributed by atoms with van der Waals surface area (Å²) in [4.78, 5) is 22.1. The minimum atomic E-state index is -5.70. The Hall–Kier alpha value is -1.67. The van der Waals surface area contributed by atoms with Crippen molar-refractivity contribution >= 4 is 11.9 Å². The average molecular weight is 318 g/mol. The second kappa shape index (κ2) is 6.86. The fourth-order valence-electron chi connectivity index (χ4n) is 0.942. The molecule has 21 heavy (non-hydrogen) atoms. The van der Waals surface area contributed by atoms with Gasteiger partial charge in [-0.2, -0.15) is 22.0 Å². The maximum atomic E-state index is 12.5. The molecule has 0 bridgehead atoms. The molecule has 0 N–H and O–H groups in total. The van der Waals surface area contributed by atoms with Crippen molar-refractivity contribution in [2.24, 2.45) is 0 Å². The maximum absolute atomic E-state index is 12.5. The third-order valence-electron chi connectivity index (χ3n) is 1.84. The SMILES string of the molecule is CC(C)(C)OC(=O)/C=C/C(=O)OCCC(F)(F)C(F)(F)F. The standard InChI is InChI=1S/C12H15F5O4/c1-10(2,3)21-9(19)5-4-8(18)20-7-6-11(13,14)12(15,16)17/h4-5H,6-7H2,1-3H3/b5-4+. The number of carbonyl (C=O) groups excluding carboxylic acids is 2. The molecule has 0 aromatic rings. The lowest BCUT2D eigenvalue weighted by atomic mass is 10.2. The molecule has 0 saturated carbocycles. The van der Waals surface area contributed by atoms with Crippen LogP contribution >= 0.6 is 0 Å². The maximum Gasteiger partial charge on any atom is 0.453 e. The van der Waals surface area contributed by atoms with Gasteiger partial charge in [0.15, 0.2) is 0 Å². The topological polar surface area (TPSA) is 52.6 Å². The average Bonchev–Trinajstić information content (AvgIpc) is 2.22. The van der Waals surface area contributed by atoms with Crippen LogP contribution in [0.4, 0.5) is 22.0 Å². The van der Waals surface area contributed by atoms with E-state index in [1.165, 1.54) is 0 Å². The summed E-state index contributed by atoms with van der Waals surface area (Å²) in [6.45, 7) is 3.60. The zero-order valence-corrected chi connectivity index (χ0v) is 11.6. The Balaban J connectivity index is 4.21. The quantitative estimate of drug-likeness (QED) is 0.444. The van der Waals surface area contributed by atoms with Gasteiger partial charge < -0.3 is 9.47 Å². The minimum Gasteiger partial charge on any atom is -0.462 e. The van der Waals surface area contributed by atoms with Crippen molar-refractivity contribution in [3.63, 3.8) is 0 Å². The van der Waals surface area contributed by atoms with Gasteiger partial charge in [0.2, 0.25) is 0 Å². The van der Waals surface area contributed by atoms with E-state index in [4.69, 9.17) is 4.74 Å². The summed E-state index contributed by atoms with van der Waals surface area (Å²) in [6, 6.07) is 0. The molecule has 0 spiro atoms. The van der Waals surface area contributed by atoms with Crippen molar-refractivity contribution in [2.75, 3.05) is 6.61 Å². The molecule has 0 aliphatic rings. The number of alkyl halides is 5. The predicted octanol–water partition coefficient (Wildman–Crippen LogP) is 3.02. The molecule has 0 amide bonds. The van der Waals surface area contributed by atoms with Crippen molar-refractivity contribution in [1.82, 2.24) is 0 Å². The Morgan fingerprint density at radius 2 is 1.43 bits per heavy atom. The highest BCUT2D eigenvalue weighted by molar-refractivity contribution is 5.91. The fourth-order valence-corrected chi connectivity index (χ4v) is 0.942. The highest BCUT2D eigenvalue weighted by Gasteiger charge is 2.56. The van der Waals surface area contributed by atoms with Gasteiger partial charge in [0.1, 0.15) is 5.60 Å². The summed E-state index contributed by atoms with van der Waals surface area (Å²) in [6.07, 6.45) is -6.12. The Morgan fingerprint density at radius 3 is 1.86 bits per heavy atom. The van der Waals surface area contributed by atoms with E-state index >= 15 is 0 Å². The number of hydrogen-bond donors (Lipinski definition) is 0. The second-order valence-corrected chi connectivity index (χ2v) is 4.99. The highest BCUT2D eigenvalue weighted by atomic mass is 19.4. The fraction of sp³-hybridized carbons (Fsp3) is 0.667. The number of rotatable bonds is 5. The summed E-state index contributed by atoms with van der Waals surface area (Å²) in [5, 5.41) is 0. The molecule has 0 aliphatic heterocycles. The van der Waals surface area contributed by atoms with Gasteiger partial charge in [0.05, 0.1) is 13.0 Å². The molecule has 0 radical (unpaired) electrons. The van der Waals surface area contributed by atoms with Crippen molar-refractivity contribution < 1.29 is 41.0 Å². The first-order chi connectivity index (χ1) is 9.24. The lowest BCUT2D eigenvalue weighted by Gasteiger charge is -2.19. The first-order valence-electron chi connectivity index (χ1n) is 5.77. The van der Waals surface area contributed by atoms with Crippen molar-refractivity contribution in [2.45, 2.75) is 44.9 Å². The van der Waals surface area contributed by atoms with Crippen LogP contribution in [0.25, 0.3) is 0 Å². The smallest absolute Gasteiger partial charge is 0.453 e. The van der Waals surface area contributed by atoms with Crippen LogP contribution in [-0.2, 0) is 19.1 Å². The molecule has 122 valence electrons. The van der Waals surface area contributed by atoms with E-state index in [0.29, 0.717) is 12.2 Å². The van der Waals surface area contributed by atoms with Crippen LogP contribution in [0.2, 0.25) is 0 Å². The van der Waals surface area contributed by atoms with Gasteiger partial charge in [-0.1, -0.05) is 0 Å². The lowest BCUT2D eigenvalue weighted by molar-refractivity contribution is -0.286. The second-order valence-electron chi connectivity index (χ2n) is 4.99. The van der Waals surface area contributed by atoms with E-state index in [9.17, 15) is 31.5 Å². The van der Waals surface area contributed by atoms with Gasteiger partial charge in [-0.15, -0.1) is 0 Å². The van der Waals surface area contributed by atoms with Crippen LogP contribution < -0.4 is 0 Å². The van der Waals surface area contributed by atoms with E-state index in [0.717, 1.165) is 0 Å². The van der Waals surface area contributed by atoms with Crippen LogP contribution in [0.15, 0.2) is 12.2 Å². The molecule has 0 fully saturated rings. The number of hydrogen-bond acceptors (Lipinski definition) is 4. The number of ether oxygens (including phenoxy) is 2. The molecule has 0 atom stereocenters. The number of esters is 2. The summed E-state index contributed by atoms with van der Waals surface area (Å²) >= 11 is 0. The molecule has 0 heterocycles. The van der Waals surface area contributed by atoms with E-state index in [-0.39, 0.29) is 0 Å². The normalized spacial score (nSPS) is 13.3. The van der Waals surface area contributed by atoms with Crippen LogP contribution in [0.1, 0.15) is 27.2 Å². The van der Waals surface area contributed by atoms with Gasteiger partial charge in [-0.25, -0.2) is 9.59 Å². The zero-order chi connectivity index (χ0) is 16.9. The molecule has 4 nitrogen and oxygen atoms in total. The molecule has 0 aliphatic carbocycles. The van der Waals surface area contributed by atoms with Gasteiger partial charge in [0, 0.05) is 12.2 Å². The Labute approximate surface area is 117 Å². The first kappa shape index (κ1) is 19.3. The molecule has 0 aromatic carbocycles. The van der Waals surface area contributed by atoms with Crippen molar-refractivity contribution in [3.8, 4) is 0 Å². The number of carbonyl (C=O) groups is 2. The Bertz CT molecular complexity index is 407. The van der Waals surface area contributed by atoms with Gasteiger partial charge >= 0.3 is 24.0 Å². The lowest BCUT2D eigenvalue weighted by Crippen LogP contribution is -2.37. The van der Waals surface area contributed by atoms with E-state index in [1.807, 2.05) is 0 Å². The van der Waals surface area contributed by atoms with Crippen molar-refractivity contribution in [3.05, 3.63) is 12.2 Å². The van der Waals surface area contributed by atoms with Crippen LogP contribution in [0, 0.1) is 0 Å². The minimum absolute atomic E-state index is 0.583. The summed E-state index contributed by atoms with van der Waals surface area (Å²) in [7, 11) is 0. The predicted molar refractivity (Wildman–Crippen MR) is 61.6 cm³/mol. The molecule has 0 rings (SSSR count).